The Kier molecular flexibility index (Phi) is 8.21. The first-order valence-corrected chi connectivity index (χ1v) is 10.7. The van der Waals surface area contributed by atoms with E-state index < -0.39 is 0 Å². The average molecular weight is 552 g/mol. The highest BCUT2D eigenvalue weighted by Crippen LogP contribution is 2.17. The highest BCUT2D eigenvalue weighted by molar-refractivity contribution is 14.0. The largest absolute Gasteiger partial charge is 0.356 e. The van der Waals surface area contributed by atoms with Gasteiger partial charge in [-0.2, -0.15) is 10.2 Å². The number of nitrogens with zero attached hydrogens (tertiary/aromatic N) is 6. The maximum Gasteiger partial charge on any atom is 0.191 e. The summed E-state index contributed by atoms with van der Waals surface area (Å²) in [5.74, 6) is 2.85. The Hall–Kier alpha value is -2.50. The lowest BCUT2D eigenvalue weighted by Gasteiger charge is -2.25. The van der Waals surface area contributed by atoms with Crippen molar-refractivity contribution in [3.63, 3.8) is 0 Å². The molecule has 10 heteroatoms. The molecule has 4 rings (SSSR count). The molecule has 3 heterocycles. The minimum Gasteiger partial charge on any atom is -0.356 e. The van der Waals surface area contributed by atoms with E-state index in [1.165, 1.54) is 12.1 Å². The van der Waals surface area contributed by atoms with Gasteiger partial charge < -0.3 is 10.6 Å². The first-order chi connectivity index (χ1) is 15.0. The van der Waals surface area contributed by atoms with Crippen LogP contribution in [0.2, 0.25) is 0 Å². The molecule has 0 amide bonds. The van der Waals surface area contributed by atoms with Crippen molar-refractivity contribution in [1.29, 1.82) is 0 Å². The number of aryl methyl sites for hydroxylation is 1. The summed E-state index contributed by atoms with van der Waals surface area (Å²) in [6.07, 6.45) is 4.55. The van der Waals surface area contributed by atoms with Crippen LogP contribution in [-0.2, 0) is 19.4 Å². The number of guanidine groups is 1. The topological polar surface area (TPSA) is 84.9 Å². The third-order valence-electron chi connectivity index (χ3n) is 5.36. The van der Waals surface area contributed by atoms with Crippen LogP contribution in [0.4, 0.5) is 4.39 Å². The van der Waals surface area contributed by atoms with Crippen molar-refractivity contribution >= 4 is 29.9 Å². The molecule has 0 aliphatic carbocycles. The predicted molar refractivity (Wildman–Crippen MR) is 133 cm³/mol. The second kappa shape index (κ2) is 10.9. The molecule has 1 aliphatic rings. The van der Waals surface area contributed by atoms with E-state index in [0.717, 1.165) is 54.8 Å². The second-order valence-corrected chi connectivity index (χ2v) is 8.08. The van der Waals surface area contributed by atoms with E-state index in [1.807, 2.05) is 16.9 Å². The summed E-state index contributed by atoms with van der Waals surface area (Å²) < 4.78 is 16.9. The summed E-state index contributed by atoms with van der Waals surface area (Å²) in [6.45, 7) is 5.73. The Morgan fingerprint density at radius 2 is 2.00 bits per heavy atom. The summed E-state index contributed by atoms with van der Waals surface area (Å²) in [6, 6.07) is 8.53. The molecule has 8 nitrogen and oxygen atoms in total. The van der Waals surface area contributed by atoms with Gasteiger partial charge in [0.05, 0.1) is 17.9 Å². The number of halogens is 2. The summed E-state index contributed by atoms with van der Waals surface area (Å²) in [5.41, 5.74) is 1.79. The van der Waals surface area contributed by atoms with E-state index in [4.69, 9.17) is 0 Å². The Labute approximate surface area is 204 Å². The van der Waals surface area contributed by atoms with Gasteiger partial charge in [0.15, 0.2) is 11.8 Å². The normalized spacial score (nSPS) is 15.9. The lowest BCUT2D eigenvalue weighted by Crippen LogP contribution is -2.47. The molecule has 172 valence electrons. The fraction of sp³-hybridized carbons (Fsp3) is 0.455. The van der Waals surface area contributed by atoms with Gasteiger partial charge in [-0.1, -0.05) is 13.8 Å². The molecular formula is C22H30FIN8. The molecule has 0 saturated heterocycles. The van der Waals surface area contributed by atoms with E-state index in [-0.39, 0.29) is 35.8 Å². The number of hydrogen-bond acceptors (Lipinski definition) is 4. The number of rotatable bonds is 6. The summed E-state index contributed by atoms with van der Waals surface area (Å²) in [5, 5.41) is 16.1. The third kappa shape index (κ3) is 5.84. The molecule has 0 radical (unpaired) electrons. The second-order valence-electron chi connectivity index (χ2n) is 8.08. The molecular weight excluding hydrogens is 522 g/mol. The van der Waals surface area contributed by atoms with Gasteiger partial charge in [0.1, 0.15) is 11.6 Å². The lowest BCUT2D eigenvalue weighted by atomic mass is 10.1. The van der Waals surface area contributed by atoms with Crippen LogP contribution < -0.4 is 10.6 Å². The minimum atomic E-state index is -0.252. The lowest BCUT2D eigenvalue weighted by molar-refractivity contribution is 0.391. The van der Waals surface area contributed by atoms with Crippen molar-refractivity contribution in [2.45, 2.75) is 51.6 Å². The summed E-state index contributed by atoms with van der Waals surface area (Å²) in [4.78, 5) is 9.00. The molecule has 3 aromatic rings. The van der Waals surface area contributed by atoms with Crippen LogP contribution in [-0.4, -0.2) is 50.1 Å². The molecule has 1 unspecified atom stereocenters. The molecule has 32 heavy (non-hydrogen) atoms. The van der Waals surface area contributed by atoms with E-state index in [1.54, 1.807) is 23.9 Å². The van der Waals surface area contributed by atoms with Gasteiger partial charge in [0, 0.05) is 44.6 Å². The van der Waals surface area contributed by atoms with Crippen molar-refractivity contribution in [3.05, 3.63) is 59.7 Å². The van der Waals surface area contributed by atoms with Gasteiger partial charge >= 0.3 is 0 Å². The third-order valence-corrected chi connectivity index (χ3v) is 5.36. The van der Waals surface area contributed by atoms with Crippen LogP contribution >= 0.6 is 24.0 Å². The van der Waals surface area contributed by atoms with Crippen LogP contribution in [0.1, 0.15) is 43.5 Å². The molecule has 0 spiro atoms. The molecule has 0 fully saturated rings. The molecule has 2 N–H and O–H groups in total. The Morgan fingerprint density at radius 3 is 2.72 bits per heavy atom. The zero-order valence-electron chi connectivity index (χ0n) is 18.6. The average Bonchev–Trinajstić information content (AvgIpc) is 3.40. The van der Waals surface area contributed by atoms with Gasteiger partial charge in [-0.05, 0) is 36.8 Å². The van der Waals surface area contributed by atoms with Gasteiger partial charge in [-0.25, -0.2) is 18.7 Å². The van der Waals surface area contributed by atoms with E-state index in [2.05, 4.69) is 44.7 Å². The number of benzene rings is 1. The molecule has 1 aliphatic heterocycles. The van der Waals surface area contributed by atoms with Gasteiger partial charge in [0.25, 0.3) is 0 Å². The van der Waals surface area contributed by atoms with Crippen molar-refractivity contribution in [2.75, 3.05) is 13.6 Å². The van der Waals surface area contributed by atoms with E-state index >= 15 is 0 Å². The molecule has 1 atom stereocenters. The standard InChI is InChI=1S/C22H29FN8.HI/c1-15(2)21-27-20-9-6-18(14-31(20)29-21)26-22(24-3)25-12-10-17-11-13-30(28-17)19-7-4-16(23)5-8-19;/h4-5,7-8,11,13,15,18H,6,9-10,12,14H2,1-3H3,(H2,24,25,26);1H. The first-order valence-electron chi connectivity index (χ1n) is 10.7. The van der Waals surface area contributed by atoms with Crippen molar-refractivity contribution in [3.8, 4) is 5.69 Å². The Balaban J connectivity index is 0.00000289. The van der Waals surface area contributed by atoms with Gasteiger partial charge in [-0.3, -0.25) is 4.99 Å². The fourth-order valence-electron chi connectivity index (χ4n) is 3.62. The van der Waals surface area contributed by atoms with Crippen LogP contribution in [0.15, 0.2) is 41.5 Å². The number of aliphatic imine (C=N–C) groups is 1. The van der Waals surface area contributed by atoms with Crippen LogP contribution in [0.3, 0.4) is 0 Å². The van der Waals surface area contributed by atoms with Crippen LogP contribution in [0, 0.1) is 5.82 Å². The van der Waals surface area contributed by atoms with Crippen molar-refractivity contribution in [1.82, 2.24) is 35.2 Å². The zero-order chi connectivity index (χ0) is 21.8. The van der Waals surface area contributed by atoms with Gasteiger partial charge in [-0.15, -0.1) is 24.0 Å². The van der Waals surface area contributed by atoms with Crippen LogP contribution in [0.25, 0.3) is 5.69 Å². The number of hydrogen-bond donors (Lipinski definition) is 2. The number of nitrogens with one attached hydrogen (secondary N) is 2. The predicted octanol–water partition coefficient (Wildman–Crippen LogP) is 3.07. The quantitative estimate of drug-likeness (QED) is 0.279. The maximum atomic E-state index is 13.1. The highest BCUT2D eigenvalue weighted by Gasteiger charge is 2.23. The monoisotopic (exact) mass is 552 g/mol. The number of aromatic nitrogens is 5. The van der Waals surface area contributed by atoms with E-state index in [0.29, 0.717) is 12.5 Å². The number of fused-ring (bicyclic) bond motifs is 1. The fourth-order valence-corrected chi connectivity index (χ4v) is 3.62. The smallest absolute Gasteiger partial charge is 0.191 e. The molecule has 0 saturated carbocycles. The summed E-state index contributed by atoms with van der Waals surface area (Å²) >= 11 is 0. The zero-order valence-corrected chi connectivity index (χ0v) is 21.0. The SMILES string of the molecule is CN=C(NCCc1ccn(-c2ccc(F)cc2)n1)NC1CCc2nc(C(C)C)nn2C1.I. The molecule has 2 aromatic heterocycles. The maximum absolute atomic E-state index is 13.1. The van der Waals surface area contributed by atoms with Crippen molar-refractivity contribution in [2.24, 2.45) is 4.99 Å². The van der Waals surface area contributed by atoms with E-state index in [9.17, 15) is 4.39 Å². The van der Waals surface area contributed by atoms with Crippen LogP contribution in [0.5, 0.6) is 0 Å². The Bertz CT molecular complexity index is 1040. The van der Waals surface area contributed by atoms with Gasteiger partial charge in [0.2, 0.25) is 0 Å². The molecule has 1 aromatic carbocycles. The molecule has 0 bridgehead atoms. The summed E-state index contributed by atoms with van der Waals surface area (Å²) in [7, 11) is 1.78. The first kappa shape index (κ1) is 24.1. The highest BCUT2D eigenvalue weighted by atomic mass is 127. The van der Waals surface area contributed by atoms with Crippen molar-refractivity contribution < 1.29 is 4.39 Å². The Morgan fingerprint density at radius 1 is 1.22 bits per heavy atom. The minimum absolute atomic E-state index is 0.